The third-order valence-electron chi connectivity index (χ3n) is 3.09. The van der Waals surface area contributed by atoms with Crippen LogP contribution < -0.4 is 0 Å². The Balaban J connectivity index is 2.19. The van der Waals surface area contributed by atoms with Crippen molar-refractivity contribution >= 4 is 32.4 Å². The molecule has 0 N–H and O–H groups in total. The molecule has 1 aromatic carbocycles. The van der Waals surface area contributed by atoms with E-state index in [1.807, 2.05) is 0 Å². The van der Waals surface area contributed by atoms with Crippen LogP contribution in [0.5, 0.6) is 0 Å². The highest BCUT2D eigenvalue weighted by molar-refractivity contribution is 9.10. The molecule has 1 aliphatic rings. The lowest BCUT2D eigenvalue weighted by Gasteiger charge is -2.20. The summed E-state index contributed by atoms with van der Waals surface area (Å²) in [5, 5.41) is 0. The molecule has 1 aromatic rings. The molecule has 0 atom stereocenters. The van der Waals surface area contributed by atoms with Crippen molar-refractivity contribution in [2.45, 2.75) is 11.3 Å². The quantitative estimate of drug-likeness (QED) is 0.775. The standard InChI is InChI=1S/C12H15BrN2O3S/c13-11-2-4-12(5-3-11)19(17,18)15-7-1-6-14(10-16)8-9-15/h2-5,10H,1,6-9H2. The zero-order chi connectivity index (χ0) is 13.9. The van der Waals surface area contributed by atoms with Crippen LogP contribution in [0.4, 0.5) is 0 Å². The van der Waals surface area contributed by atoms with E-state index in [-0.39, 0.29) is 4.90 Å². The van der Waals surface area contributed by atoms with Crippen LogP contribution in [0.1, 0.15) is 6.42 Å². The lowest BCUT2D eigenvalue weighted by Crippen LogP contribution is -2.34. The predicted molar refractivity (Wildman–Crippen MR) is 75.2 cm³/mol. The van der Waals surface area contributed by atoms with Gasteiger partial charge in [0.15, 0.2) is 0 Å². The van der Waals surface area contributed by atoms with Crippen LogP contribution in [0.3, 0.4) is 0 Å². The number of hydrogen-bond acceptors (Lipinski definition) is 3. The number of sulfonamides is 1. The fourth-order valence-electron chi connectivity index (χ4n) is 2.02. The third-order valence-corrected chi connectivity index (χ3v) is 5.53. The van der Waals surface area contributed by atoms with Gasteiger partial charge in [-0.15, -0.1) is 0 Å². The highest BCUT2D eigenvalue weighted by Crippen LogP contribution is 2.19. The fraction of sp³-hybridized carbons (Fsp3) is 0.417. The van der Waals surface area contributed by atoms with Crippen molar-refractivity contribution < 1.29 is 13.2 Å². The molecule has 0 spiro atoms. The Morgan fingerprint density at radius 3 is 2.37 bits per heavy atom. The largest absolute Gasteiger partial charge is 0.344 e. The number of carbonyl (C=O) groups excluding carboxylic acids is 1. The Morgan fingerprint density at radius 1 is 1.05 bits per heavy atom. The molecule has 104 valence electrons. The second kappa shape index (κ2) is 6.02. The topological polar surface area (TPSA) is 57.7 Å². The van der Waals surface area contributed by atoms with Crippen LogP contribution in [-0.2, 0) is 14.8 Å². The minimum Gasteiger partial charge on any atom is -0.344 e. The van der Waals surface area contributed by atoms with Gasteiger partial charge >= 0.3 is 0 Å². The van der Waals surface area contributed by atoms with Gasteiger partial charge in [-0.25, -0.2) is 8.42 Å². The van der Waals surface area contributed by atoms with E-state index in [0.29, 0.717) is 32.6 Å². The minimum absolute atomic E-state index is 0.287. The summed E-state index contributed by atoms with van der Waals surface area (Å²) in [4.78, 5) is 12.6. The zero-order valence-corrected chi connectivity index (χ0v) is 12.7. The minimum atomic E-state index is -3.46. The van der Waals surface area contributed by atoms with Gasteiger partial charge in [0.1, 0.15) is 0 Å². The molecule has 1 heterocycles. The Kier molecular flexibility index (Phi) is 4.59. The molecule has 19 heavy (non-hydrogen) atoms. The van der Waals surface area contributed by atoms with Crippen molar-refractivity contribution in [3.63, 3.8) is 0 Å². The van der Waals surface area contributed by atoms with E-state index in [1.54, 1.807) is 29.2 Å². The monoisotopic (exact) mass is 346 g/mol. The summed E-state index contributed by atoms with van der Waals surface area (Å²) in [6.45, 7) is 1.84. The number of hydrogen-bond donors (Lipinski definition) is 0. The van der Waals surface area contributed by atoms with Crippen LogP contribution in [0.15, 0.2) is 33.6 Å². The van der Waals surface area contributed by atoms with Crippen LogP contribution in [0.2, 0.25) is 0 Å². The van der Waals surface area contributed by atoms with E-state index in [0.717, 1.165) is 10.9 Å². The highest BCUT2D eigenvalue weighted by Gasteiger charge is 2.26. The summed E-state index contributed by atoms with van der Waals surface area (Å²) in [5.74, 6) is 0. The first-order valence-electron chi connectivity index (χ1n) is 5.99. The molecule has 0 saturated carbocycles. The highest BCUT2D eigenvalue weighted by atomic mass is 79.9. The van der Waals surface area contributed by atoms with E-state index >= 15 is 0 Å². The van der Waals surface area contributed by atoms with Gasteiger partial charge in [0, 0.05) is 30.7 Å². The number of nitrogens with zero attached hydrogens (tertiary/aromatic N) is 2. The first kappa shape index (κ1) is 14.5. The second-order valence-corrected chi connectivity index (χ2v) is 7.21. The number of benzene rings is 1. The van der Waals surface area contributed by atoms with Crippen molar-refractivity contribution in [1.29, 1.82) is 0 Å². The molecular weight excluding hydrogens is 332 g/mol. The van der Waals surface area contributed by atoms with Gasteiger partial charge < -0.3 is 4.90 Å². The maximum absolute atomic E-state index is 12.5. The van der Waals surface area contributed by atoms with Gasteiger partial charge in [-0.1, -0.05) is 15.9 Å². The maximum atomic E-state index is 12.5. The van der Waals surface area contributed by atoms with E-state index < -0.39 is 10.0 Å². The Morgan fingerprint density at radius 2 is 1.74 bits per heavy atom. The Hall–Kier alpha value is -0.920. The molecule has 1 amide bonds. The van der Waals surface area contributed by atoms with Crippen molar-refractivity contribution in [1.82, 2.24) is 9.21 Å². The molecule has 1 aliphatic heterocycles. The first-order valence-corrected chi connectivity index (χ1v) is 8.22. The summed E-state index contributed by atoms with van der Waals surface area (Å²) in [5.41, 5.74) is 0. The first-order chi connectivity index (χ1) is 9.04. The summed E-state index contributed by atoms with van der Waals surface area (Å²) >= 11 is 3.28. The van der Waals surface area contributed by atoms with Crippen molar-refractivity contribution in [2.24, 2.45) is 0 Å². The zero-order valence-electron chi connectivity index (χ0n) is 10.3. The molecule has 5 nitrogen and oxygen atoms in total. The van der Waals surface area contributed by atoms with Gasteiger partial charge in [0.2, 0.25) is 16.4 Å². The average molecular weight is 347 g/mol. The molecule has 0 unspecified atom stereocenters. The maximum Gasteiger partial charge on any atom is 0.243 e. The van der Waals surface area contributed by atoms with Gasteiger partial charge in [-0.05, 0) is 30.7 Å². The lowest BCUT2D eigenvalue weighted by atomic mass is 10.4. The van der Waals surface area contributed by atoms with Gasteiger partial charge in [0.25, 0.3) is 0 Å². The summed E-state index contributed by atoms with van der Waals surface area (Å²) in [7, 11) is -3.46. The smallest absolute Gasteiger partial charge is 0.243 e. The summed E-state index contributed by atoms with van der Waals surface area (Å²) < 4.78 is 27.2. The molecule has 0 aliphatic carbocycles. The van der Waals surface area contributed by atoms with E-state index in [1.165, 1.54) is 4.31 Å². The SMILES string of the molecule is O=CN1CCCN(S(=O)(=O)c2ccc(Br)cc2)CC1. The molecule has 2 rings (SSSR count). The fourth-order valence-corrected chi connectivity index (χ4v) is 3.75. The van der Waals surface area contributed by atoms with Gasteiger partial charge in [-0.3, -0.25) is 4.79 Å². The predicted octanol–water partition coefficient (Wildman–Crippen LogP) is 1.30. The molecule has 7 heteroatoms. The van der Waals surface area contributed by atoms with Crippen molar-refractivity contribution in [2.75, 3.05) is 26.2 Å². The second-order valence-electron chi connectivity index (χ2n) is 4.35. The number of rotatable bonds is 3. The summed E-state index contributed by atoms with van der Waals surface area (Å²) in [6, 6.07) is 6.59. The lowest BCUT2D eigenvalue weighted by molar-refractivity contribution is -0.118. The molecule has 1 fully saturated rings. The van der Waals surface area contributed by atoms with Crippen LogP contribution in [0.25, 0.3) is 0 Å². The Bertz CT molecular complexity index is 545. The van der Waals surface area contributed by atoms with E-state index in [9.17, 15) is 13.2 Å². The third kappa shape index (κ3) is 3.34. The number of halogens is 1. The summed E-state index contributed by atoms with van der Waals surface area (Å²) in [6.07, 6.45) is 1.43. The van der Waals surface area contributed by atoms with Crippen molar-refractivity contribution in [3.8, 4) is 0 Å². The van der Waals surface area contributed by atoms with E-state index in [2.05, 4.69) is 15.9 Å². The molecule has 0 aromatic heterocycles. The normalized spacial score (nSPS) is 18.1. The van der Waals surface area contributed by atoms with Crippen LogP contribution in [0, 0.1) is 0 Å². The molecule has 1 saturated heterocycles. The van der Waals surface area contributed by atoms with Crippen LogP contribution in [-0.4, -0.2) is 50.2 Å². The van der Waals surface area contributed by atoms with Gasteiger partial charge in [0.05, 0.1) is 4.90 Å². The molecular formula is C12H15BrN2O3S. The Labute approximate surface area is 121 Å². The van der Waals surface area contributed by atoms with E-state index in [4.69, 9.17) is 0 Å². The number of amides is 1. The van der Waals surface area contributed by atoms with Gasteiger partial charge in [-0.2, -0.15) is 4.31 Å². The molecule has 0 bridgehead atoms. The number of carbonyl (C=O) groups is 1. The van der Waals surface area contributed by atoms with Crippen LogP contribution >= 0.6 is 15.9 Å². The average Bonchev–Trinajstić information content (AvgIpc) is 2.65. The molecule has 0 radical (unpaired) electrons. The van der Waals surface area contributed by atoms with Crippen molar-refractivity contribution in [3.05, 3.63) is 28.7 Å².